The van der Waals surface area contributed by atoms with E-state index in [1.54, 1.807) is 17.4 Å². The number of thiophene rings is 1. The van der Waals surface area contributed by atoms with E-state index in [9.17, 15) is 9.59 Å². The predicted octanol–water partition coefficient (Wildman–Crippen LogP) is 4.54. The van der Waals surface area contributed by atoms with E-state index in [0.29, 0.717) is 23.8 Å². The van der Waals surface area contributed by atoms with Crippen molar-refractivity contribution in [3.8, 4) is 0 Å². The Morgan fingerprint density at radius 3 is 2.56 bits per heavy atom. The van der Waals surface area contributed by atoms with Gasteiger partial charge in [-0.1, -0.05) is 32.9 Å². The zero-order chi connectivity index (χ0) is 18.0. The van der Waals surface area contributed by atoms with Crippen LogP contribution in [0.5, 0.6) is 0 Å². The van der Waals surface area contributed by atoms with Crippen LogP contribution < -0.4 is 5.32 Å². The molecule has 0 atom stereocenters. The first-order valence-electron chi connectivity index (χ1n) is 8.59. The molecular formula is C20H24N2O2S. The monoisotopic (exact) mass is 356 g/mol. The van der Waals surface area contributed by atoms with Gasteiger partial charge in [0.2, 0.25) is 5.91 Å². The van der Waals surface area contributed by atoms with Gasteiger partial charge < -0.3 is 10.2 Å². The predicted molar refractivity (Wildman–Crippen MR) is 102 cm³/mol. The van der Waals surface area contributed by atoms with E-state index in [1.807, 2.05) is 55.3 Å². The van der Waals surface area contributed by atoms with E-state index in [4.69, 9.17) is 0 Å². The highest BCUT2D eigenvalue weighted by Crippen LogP contribution is 2.31. The Morgan fingerprint density at radius 2 is 1.96 bits per heavy atom. The molecule has 2 amide bonds. The van der Waals surface area contributed by atoms with Gasteiger partial charge in [-0.15, -0.1) is 11.3 Å². The summed E-state index contributed by atoms with van der Waals surface area (Å²) >= 11 is 1.67. The number of nitrogens with zero attached hydrogens (tertiary/aromatic N) is 1. The van der Waals surface area contributed by atoms with Crippen molar-refractivity contribution in [2.24, 2.45) is 5.41 Å². The van der Waals surface area contributed by atoms with Gasteiger partial charge in [-0.05, 0) is 42.5 Å². The summed E-state index contributed by atoms with van der Waals surface area (Å²) in [5, 5.41) is 4.93. The lowest BCUT2D eigenvalue weighted by atomic mass is 9.95. The fourth-order valence-electron chi connectivity index (χ4n) is 2.54. The van der Waals surface area contributed by atoms with Crippen molar-refractivity contribution in [2.45, 2.75) is 46.2 Å². The van der Waals surface area contributed by atoms with Crippen molar-refractivity contribution in [3.63, 3.8) is 0 Å². The Balaban J connectivity index is 1.76. The molecule has 0 radical (unpaired) electrons. The van der Waals surface area contributed by atoms with Crippen LogP contribution in [0.1, 0.15) is 48.8 Å². The molecule has 1 aromatic carbocycles. The van der Waals surface area contributed by atoms with Gasteiger partial charge in [0.1, 0.15) is 0 Å². The molecule has 0 saturated heterocycles. The Kier molecular flexibility index (Phi) is 4.95. The Morgan fingerprint density at radius 1 is 1.20 bits per heavy atom. The molecule has 2 aromatic rings. The minimum absolute atomic E-state index is 0.0303. The number of nitrogens with one attached hydrogen (secondary N) is 1. The van der Waals surface area contributed by atoms with Crippen molar-refractivity contribution >= 4 is 28.8 Å². The number of anilines is 1. The largest absolute Gasteiger partial charge is 0.331 e. The van der Waals surface area contributed by atoms with E-state index in [2.05, 4.69) is 11.4 Å². The summed E-state index contributed by atoms with van der Waals surface area (Å²) in [5.74, 6) is -0.0301. The first kappa shape index (κ1) is 17.7. The van der Waals surface area contributed by atoms with Crippen LogP contribution in [0.3, 0.4) is 0 Å². The lowest BCUT2D eigenvalue weighted by molar-refractivity contribution is -0.123. The lowest BCUT2D eigenvalue weighted by Crippen LogP contribution is -2.32. The number of carbonyl (C=O) groups is 2. The second-order valence-electron chi connectivity index (χ2n) is 7.53. The smallest absolute Gasteiger partial charge is 0.254 e. The SMILES string of the molecule is CC(C)(C)C(=O)Nc1cccc(C(=O)N(Cc2cccs2)C2CC2)c1. The maximum Gasteiger partial charge on any atom is 0.254 e. The van der Waals surface area contributed by atoms with Gasteiger partial charge in [0.15, 0.2) is 0 Å². The second kappa shape index (κ2) is 7.00. The van der Waals surface area contributed by atoms with E-state index in [-0.39, 0.29) is 11.8 Å². The molecule has 25 heavy (non-hydrogen) atoms. The number of rotatable bonds is 5. The molecule has 0 bridgehead atoms. The highest BCUT2D eigenvalue weighted by atomic mass is 32.1. The summed E-state index contributed by atoms with van der Waals surface area (Å²) in [7, 11) is 0. The van der Waals surface area contributed by atoms with Gasteiger partial charge in [0.05, 0.1) is 6.54 Å². The highest BCUT2D eigenvalue weighted by molar-refractivity contribution is 7.09. The summed E-state index contributed by atoms with van der Waals surface area (Å²) in [6.45, 7) is 6.26. The molecule has 4 nitrogen and oxygen atoms in total. The van der Waals surface area contributed by atoms with Crippen LogP contribution in [0.15, 0.2) is 41.8 Å². The van der Waals surface area contributed by atoms with E-state index in [1.165, 1.54) is 4.88 Å². The fourth-order valence-corrected chi connectivity index (χ4v) is 3.24. The maximum atomic E-state index is 13.0. The summed E-state index contributed by atoms with van der Waals surface area (Å²) in [6, 6.07) is 11.6. The molecular weight excluding hydrogens is 332 g/mol. The number of amides is 2. The van der Waals surface area contributed by atoms with Crippen LogP contribution in [0.4, 0.5) is 5.69 Å². The summed E-state index contributed by atoms with van der Waals surface area (Å²) in [6.07, 6.45) is 2.13. The standard InChI is InChI=1S/C20H24N2O2S/c1-20(2,3)19(24)21-15-7-4-6-14(12-15)18(23)22(16-9-10-16)13-17-8-5-11-25-17/h4-8,11-12,16H,9-10,13H2,1-3H3,(H,21,24). The quantitative estimate of drug-likeness (QED) is 0.855. The van der Waals surface area contributed by atoms with Crippen molar-refractivity contribution in [2.75, 3.05) is 5.32 Å². The minimum Gasteiger partial charge on any atom is -0.331 e. The number of benzene rings is 1. The van der Waals surface area contributed by atoms with Crippen molar-refractivity contribution in [1.29, 1.82) is 0 Å². The van der Waals surface area contributed by atoms with Crippen molar-refractivity contribution in [3.05, 3.63) is 52.2 Å². The van der Waals surface area contributed by atoms with Crippen LogP contribution in [0.2, 0.25) is 0 Å². The molecule has 1 aliphatic carbocycles. The Hall–Kier alpha value is -2.14. The molecule has 0 unspecified atom stereocenters. The fraction of sp³-hybridized carbons (Fsp3) is 0.400. The summed E-state index contributed by atoms with van der Waals surface area (Å²) in [4.78, 5) is 28.3. The van der Waals surface area contributed by atoms with E-state index in [0.717, 1.165) is 12.8 Å². The molecule has 0 spiro atoms. The number of hydrogen-bond acceptors (Lipinski definition) is 3. The molecule has 132 valence electrons. The Bertz CT molecular complexity index is 758. The molecule has 1 N–H and O–H groups in total. The zero-order valence-electron chi connectivity index (χ0n) is 14.9. The number of carbonyl (C=O) groups excluding carboxylic acids is 2. The van der Waals surface area contributed by atoms with Gasteiger partial charge in [-0.2, -0.15) is 0 Å². The third-order valence-electron chi connectivity index (χ3n) is 4.20. The molecule has 1 saturated carbocycles. The van der Waals surface area contributed by atoms with Crippen LogP contribution in [0.25, 0.3) is 0 Å². The van der Waals surface area contributed by atoms with Crippen LogP contribution in [0, 0.1) is 5.41 Å². The Labute approximate surface area is 152 Å². The molecule has 0 aliphatic heterocycles. The average Bonchev–Trinajstić information content (AvgIpc) is 3.27. The summed E-state index contributed by atoms with van der Waals surface area (Å²) in [5.41, 5.74) is 0.812. The molecule has 1 aromatic heterocycles. The van der Waals surface area contributed by atoms with Gasteiger partial charge in [0, 0.05) is 27.6 Å². The van der Waals surface area contributed by atoms with Gasteiger partial charge in [0.25, 0.3) is 5.91 Å². The minimum atomic E-state index is -0.473. The molecule has 5 heteroatoms. The first-order chi connectivity index (χ1) is 11.8. The third-order valence-corrected chi connectivity index (χ3v) is 5.06. The first-order valence-corrected chi connectivity index (χ1v) is 9.47. The highest BCUT2D eigenvalue weighted by Gasteiger charge is 2.33. The van der Waals surface area contributed by atoms with Crippen LogP contribution >= 0.6 is 11.3 Å². The van der Waals surface area contributed by atoms with Crippen molar-refractivity contribution in [1.82, 2.24) is 4.90 Å². The number of hydrogen-bond donors (Lipinski definition) is 1. The topological polar surface area (TPSA) is 49.4 Å². The van der Waals surface area contributed by atoms with Crippen LogP contribution in [-0.4, -0.2) is 22.8 Å². The van der Waals surface area contributed by atoms with Crippen molar-refractivity contribution < 1.29 is 9.59 Å². The van der Waals surface area contributed by atoms with E-state index >= 15 is 0 Å². The lowest BCUT2D eigenvalue weighted by Gasteiger charge is -2.22. The van der Waals surface area contributed by atoms with Gasteiger partial charge >= 0.3 is 0 Å². The second-order valence-corrected chi connectivity index (χ2v) is 8.56. The normalized spacial score (nSPS) is 14.2. The van der Waals surface area contributed by atoms with Gasteiger partial charge in [-0.3, -0.25) is 9.59 Å². The average molecular weight is 356 g/mol. The van der Waals surface area contributed by atoms with E-state index < -0.39 is 5.41 Å². The summed E-state index contributed by atoms with van der Waals surface area (Å²) < 4.78 is 0. The van der Waals surface area contributed by atoms with Crippen LogP contribution in [-0.2, 0) is 11.3 Å². The van der Waals surface area contributed by atoms with Gasteiger partial charge in [-0.25, -0.2) is 0 Å². The molecule has 1 heterocycles. The maximum absolute atomic E-state index is 13.0. The third kappa shape index (κ3) is 4.48. The molecule has 3 rings (SSSR count). The molecule has 1 fully saturated rings. The molecule has 1 aliphatic rings. The zero-order valence-corrected chi connectivity index (χ0v) is 15.7.